The van der Waals surface area contributed by atoms with Gasteiger partial charge in [-0.1, -0.05) is 37.3 Å². The Morgan fingerprint density at radius 1 is 1.24 bits per heavy atom. The van der Waals surface area contributed by atoms with E-state index in [0.29, 0.717) is 12.8 Å². The van der Waals surface area contributed by atoms with Crippen LogP contribution in [0.25, 0.3) is 0 Å². The Bertz CT molecular complexity index is 472. The minimum atomic E-state index is -1.02. The van der Waals surface area contributed by atoms with Crippen LogP contribution in [0.15, 0.2) is 30.3 Å². The average Bonchev–Trinajstić information content (AvgIpc) is 2.43. The number of carbonyl (C=O) groups is 2. The highest BCUT2D eigenvalue weighted by Crippen LogP contribution is 2.08. The van der Waals surface area contributed by atoms with Crippen LogP contribution < -0.4 is 10.6 Å². The molecule has 2 amide bonds. The summed E-state index contributed by atoms with van der Waals surface area (Å²) >= 11 is 0. The van der Waals surface area contributed by atoms with Gasteiger partial charge in [0, 0.05) is 5.54 Å². The molecular formula is C16H24N2O3. The quantitative estimate of drug-likeness (QED) is 0.722. The van der Waals surface area contributed by atoms with Gasteiger partial charge in [-0.3, -0.25) is 0 Å². The highest BCUT2D eigenvalue weighted by molar-refractivity contribution is 5.82. The molecule has 5 nitrogen and oxygen atoms in total. The van der Waals surface area contributed by atoms with Gasteiger partial charge in [0.05, 0.1) is 0 Å². The number of carboxylic acid groups (broad SMARTS) is 1. The van der Waals surface area contributed by atoms with Crippen LogP contribution >= 0.6 is 0 Å². The number of carboxylic acids is 1. The first-order valence-corrected chi connectivity index (χ1v) is 7.19. The molecule has 0 fully saturated rings. The standard InChI is InChI=1S/C16H24N2O3/c1-4-16(2,3)18-15(21)17-13(14(19)20)11-10-12-8-6-5-7-9-12/h5-9,13H,4,10-11H2,1-3H3,(H,19,20)(H2,17,18,21). The smallest absolute Gasteiger partial charge is 0.326 e. The van der Waals surface area contributed by atoms with E-state index in [2.05, 4.69) is 10.6 Å². The minimum absolute atomic E-state index is 0.355. The molecule has 0 saturated carbocycles. The number of aryl methyl sites for hydroxylation is 1. The third kappa shape index (κ3) is 6.29. The molecule has 0 saturated heterocycles. The Labute approximate surface area is 125 Å². The average molecular weight is 292 g/mol. The van der Waals surface area contributed by atoms with Crippen LogP contribution in [-0.4, -0.2) is 28.7 Å². The van der Waals surface area contributed by atoms with E-state index in [1.165, 1.54) is 0 Å². The van der Waals surface area contributed by atoms with Crippen molar-refractivity contribution in [1.29, 1.82) is 0 Å². The van der Waals surface area contributed by atoms with Gasteiger partial charge in [-0.05, 0) is 38.7 Å². The van der Waals surface area contributed by atoms with Gasteiger partial charge in [0.1, 0.15) is 6.04 Å². The SMILES string of the molecule is CCC(C)(C)NC(=O)NC(CCc1ccccc1)C(=O)O. The van der Waals surface area contributed by atoms with Crippen LogP contribution in [0.1, 0.15) is 39.2 Å². The molecule has 0 aromatic heterocycles. The molecule has 0 aliphatic rings. The highest BCUT2D eigenvalue weighted by atomic mass is 16.4. The van der Waals surface area contributed by atoms with Gasteiger partial charge >= 0.3 is 12.0 Å². The van der Waals surface area contributed by atoms with E-state index in [1.54, 1.807) is 0 Å². The second kappa shape index (κ2) is 7.67. The van der Waals surface area contributed by atoms with Gasteiger partial charge in [0.25, 0.3) is 0 Å². The first-order chi connectivity index (χ1) is 9.84. The van der Waals surface area contributed by atoms with E-state index in [0.717, 1.165) is 12.0 Å². The molecule has 116 valence electrons. The van der Waals surface area contributed by atoms with E-state index >= 15 is 0 Å². The van der Waals surface area contributed by atoms with Crippen molar-refractivity contribution < 1.29 is 14.7 Å². The molecule has 0 aliphatic carbocycles. The van der Waals surface area contributed by atoms with E-state index in [1.807, 2.05) is 51.1 Å². The Morgan fingerprint density at radius 3 is 2.38 bits per heavy atom. The summed E-state index contributed by atoms with van der Waals surface area (Å²) in [6, 6.07) is 8.29. The Hall–Kier alpha value is -2.04. The fourth-order valence-electron chi connectivity index (χ4n) is 1.80. The molecule has 0 bridgehead atoms. The van der Waals surface area contributed by atoms with E-state index < -0.39 is 18.0 Å². The molecule has 1 rings (SSSR count). The maximum absolute atomic E-state index is 11.9. The van der Waals surface area contributed by atoms with Crippen LogP contribution in [0.5, 0.6) is 0 Å². The fourth-order valence-corrected chi connectivity index (χ4v) is 1.80. The second-order valence-corrected chi connectivity index (χ2v) is 5.75. The predicted molar refractivity (Wildman–Crippen MR) is 82.2 cm³/mol. The summed E-state index contributed by atoms with van der Waals surface area (Å²) < 4.78 is 0. The molecule has 0 aliphatic heterocycles. The summed E-state index contributed by atoms with van der Waals surface area (Å²) in [4.78, 5) is 23.1. The maximum Gasteiger partial charge on any atom is 0.326 e. The molecule has 3 N–H and O–H groups in total. The van der Waals surface area contributed by atoms with Crippen LogP contribution in [0.2, 0.25) is 0 Å². The molecule has 5 heteroatoms. The van der Waals surface area contributed by atoms with Gasteiger partial charge in [-0.2, -0.15) is 0 Å². The number of rotatable bonds is 7. The number of benzene rings is 1. The lowest BCUT2D eigenvalue weighted by atomic mass is 10.0. The third-order valence-corrected chi connectivity index (χ3v) is 3.50. The van der Waals surface area contributed by atoms with Crippen molar-refractivity contribution in [3.8, 4) is 0 Å². The molecular weight excluding hydrogens is 268 g/mol. The molecule has 1 aromatic rings. The fraction of sp³-hybridized carbons (Fsp3) is 0.500. The first-order valence-electron chi connectivity index (χ1n) is 7.19. The zero-order valence-electron chi connectivity index (χ0n) is 12.8. The number of amides is 2. The zero-order chi connectivity index (χ0) is 15.9. The van der Waals surface area contributed by atoms with Crippen LogP contribution in [0.3, 0.4) is 0 Å². The molecule has 0 heterocycles. The van der Waals surface area contributed by atoms with E-state index in [-0.39, 0.29) is 5.54 Å². The summed E-state index contributed by atoms with van der Waals surface area (Å²) in [5.74, 6) is -1.02. The molecule has 0 spiro atoms. The maximum atomic E-state index is 11.9. The van der Waals surface area contributed by atoms with Crippen LogP contribution in [0.4, 0.5) is 4.79 Å². The van der Waals surface area contributed by atoms with Gasteiger partial charge in [-0.15, -0.1) is 0 Å². The number of urea groups is 1. The minimum Gasteiger partial charge on any atom is -0.480 e. The van der Waals surface area contributed by atoms with Crippen molar-refractivity contribution in [2.75, 3.05) is 0 Å². The van der Waals surface area contributed by atoms with Gasteiger partial charge in [-0.25, -0.2) is 9.59 Å². The van der Waals surface area contributed by atoms with Crippen molar-refractivity contribution in [3.05, 3.63) is 35.9 Å². The molecule has 1 aromatic carbocycles. The predicted octanol–water partition coefficient (Wildman–Crippen LogP) is 2.56. The summed E-state index contributed by atoms with van der Waals surface area (Å²) in [7, 11) is 0. The lowest BCUT2D eigenvalue weighted by molar-refractivity contribution is -0.139. The third-order valence-electron chi connectivity index (χ3n) is 3.50. The summed E-state index contributed by atoms with van der Waals surface area (Å²) in [5, 5.41) is 14.5. The Kier molecular flexibility index (Phi) is 6.21. The normalized spacial score (nSPS) is 12.5. The second-order valence-electron chi connectivity index (χ2n) is 5.75. The topological polar surface area (TPSA) is 78.4 Å². The van der Waals surface area contributed by atoms with Crippen LogP contribution in [-0.2, 0) is 11.2 Å². The number of carbonyl (C=O) groups excluding carboxylic acids is 1. The number of hydrogen-bond acceptors (Lipinski definition) is 2. The van der Waals surface area contributed by atoms with Crippen molar-refractivity contribution in [1.82, 2.24) is 10.6 Å². The number of nitrogens with one attached hydrogen (secondary N) is 2. The number of aliphatic carboxylic acids is 1. The highest BCUT2D eigenvalue weighted by Gasteiger charge is 2.23. The van der Waals surface area contributed by atoms with Crippen molar-refractivity contribution in [2.45, 2.75) is 51.6 Å². The van der Waals surface area contributed by atoms with Gasteiger partial charge in [0.2, 0.25) is 0 Å². The molecule has 21 heavy (non-hydrogen) atoms. The first kappa shape index (κ1) is 17.0. The Balaban J connectivity index is 2.54. The van der Waals surface area contributed by atoms with Crippen molar-refractivity contribution in [2.24, 2.45) is 0 Å². The summed E-state index contributed by atoms with van der Waals surface area (Å²) in [6.45, 7) is 5.75. The summed E-state index contributed by atoms with van der Waals surface area (Å²) in [5.41, 5.74) is 0.701. The molecule has 0 radical (unpaired) electrons. The van der Waals surface area contributed by atoms with Gasteiger partial charge in [0.15, 0.2) is 0 Å². The van der Waals surface area contributed by atoms with Crippen molar-refractivity contribution in [3.63, 3.8) is 0 Å². The largest absolute Gasteiger partial charge is 0.480 e. The molecule has 1 atom stereocenters. The lowest BCUT2D eigenvalue weighted by Crippen LogP contribution is -2.52. The van der Waals surface area contributed by atoms with E-state index in [9.17, 15) is 14.7 Å². The lowest BCUT2D eigenvalue weighted by Gasteiger charge is -2.26. The zero-order valence-corrected chi connectivity index (χ0v) is 12.8. The number of hydrogen-bond donors (Lipinski definition) is 3. The summed E-state index contributed by atoms with van der Waals surface area (Å²) in [6.07, 6.45) is 1.73. The molecule has 1 unspecified atom stereocenters. The van der Waals surface area contributed by atoms with Crippen LogP contribution in [0, 0.1) is 0 Å². The Morgan fingerprint density at radius 2 is 1.86 bits per heavy atom. The van der Waals surface area contributed by atoms with Crippen molar-refractivity contribution >= 4 is 12.0 Å². The van der Waals surface area contributed by atoms with Gasteiger partial charge < -0.3 is 15.7 Å². The van der Waals surface area contributed by atoms with E-state index in [4.69, 9.17) is 0 Å². The monoisotopic (exact) mass is 292 g/mol.